The summed E-state index contributed by atoms with van der Waals surface area (Å²) in [5.74, 6) is 0.747. The molecule has 174 valence electrons. The fourth-order valence-electron chi connectivity index (χ4n) is 4.32. The fourth-order valence-corrected chi connectivity index (χ4v) is 4.99. The molecule has 0 spiro atoms. The predicted octanol–water partition coefficient (Wildman–Crippen LogP) is 4.64. The number of nitrogens with one attached hydrogen (secondary N) is 1. The minimum atomic E-state index is -0.329. The molecule has 0 radical (unpaired) electrons. The number of hydrogen-bond donors (Lipinski definition) is 2. The van der Waals surface area contributed by atoms with Crippen molar-refractivity contribution in [1.29, 1.82) is 0 Å². The van der Waals surface area contributed by atoms with Gasteiger partial charge in [0.25, 0.3) is 5.56 Å². The second kappa shape index (κ2) is 9.40. The third-order valence-corrected chi connectivity index (χ3v) is 7.02. The van der Waals surface area contributed by atoms with E-state index < -0.39 is 0 Å². The number of aromatic nitrogens is 2. The standard InChI is InChI=1S/C26H27N5O2S/c1-17(2)30-8-10-31(11-9-30)24-6-4-20(14-28-24)27-15-23-22-13-18(19-7-12-34-16-19)3-5-21(22)25(32)29-26(23)33/h3-7,12-17H,8-11H2,1-2H3,(H2,29,32,33). The van der Waals surface area contributed by atoms with Gasteiger partial charge in [0.15, 0.2) is 0 Å². The molecule has 1 fully saturated rings. The average Bonchev–Trinajstić information content (AvgIpc) is 3.39. The lowest BCUT2D eigenvalue weighted by Crippen LogP contribution is -2.49. The molecule has 0 bridgehead atoms. The number of aromatic amines is 1. The molecule has 4 aromatic rings. The summed E-state index contributed by atoms with van der Waals surface area (Å²) in [6.07, 6.45) is 3.32. The van der Waals surface area contributed by atoms with Gasteiger partial charge in [-0.05, 0) is 66.1 Å². The zero-order valence-electron chi connectivity index (χ0n) is 19.2. The average molecular weight is 474 g/mol. The highest BCUT2D eigenvalue weighted by molar-refractivity contribution is 7.08. The van der Waals surface area contributed by atoms with Crippen LogP contribution >= 0.6 is 11.3 Å². The van der Waals surface area contributed by atoms with Crippen LogP contribution in [-0.2, 0) is 0 Å². The number of piperazine rings is 1. The van der Waals surface area contributed by atoms with Gasteiger partial charge in [0.2, 0.25) is 5.88 Å². The Kier molecular flexibility index (Phi) is 6.17. The van der Waals surface area contributed by atoms with Crippen LogP contribution in [0.3, 0.4) is 0 Å². The molecule has 0 amide bonds. The summed E-state index contributed by atoms with van der Waals surface area (Å²) in [5.41, 5.74) is 2.88. The molecule has 1 saturated heterocycles. The first kappa shape index (κ1) is 22.3. The minimum absolute atomic E-state index is 0.198. The smallest absolute Gasteiger partial charge is 0.258 e. The van der Waals surface area contributed by atoms with E-state index in [9.17, 15) is 9.90 Å². The molecule has 7 nitrogen and oxygen atoms in total. The number of aromatic hydroxyl groups is 1. The normalized spacial score (nSPS) is 15.1. The molecule has 3 aromatic heterocycles. The molecule has 0 atom stereocenters. The third kappa shape index (κ3) is 4.47. The zero-order valence-corrected chi connectivity index (χ0v) is 20.0. The number of nitrogens with zero attached hydrogens (tertiary/aromatic N) is 4. The molecular formula is C26H27N5O2S. The number of pyridine rings is 2. The van der Waals surface area contributed by atoms with Crippen molar-refractivity contribution in [2.24, 2.45) is 4.99 Å². The number of aliphatic imine (C=N–C) groups is 1. The van der Waals surface area contributed by atoms with Gasteiger partial charge in [-0.15, -0.1) is 0 Å². The molecule has 8 heteroatoms. The van der Waals surface area contributed by atoms with Crippen LogP contribution in [-0.4, -0.2) is 58.4 Å². The Labute approximate surface area is 202 Å². The monoisotopic (exact) mass is 473 g/mol. The molecule has 1 aromatic carbocycles. The first-order chi connectivity index (χ1) is 16.5. The molecule has 0 unspecified atom stereocenters. The maximum absolute atomic E-state index is 12.4. The molecule has 1 aliphatic rings. The van der Waals surface area contributed by atoms with Crippen LogP contribution in [0.4, 0.5) is 11.5 Å². The summed E-state index contributed by atoms with van der Waals surface area (Å²) in [6.45, 7) is 8.44. The van der Waals surface area contributed by atoms with Crippen LogP contribution in [0.2, 0.25) is 0 Å². The molecule has 34 heavy (non-hydrogen) atoms. The van der Waals surface area contributed by atoms with Crippen molar-refractivity contribution < 1.29 is 5.11 Å². The van der Waals surface area contributed by atoms with Gasteiger partial charge in [0, 0.05) is 49.2 Å². The Hall–Kier alpha value is -3.49. The van der Waals surface area contributed by atoms with E-state index in [-0.39, 0.29) is 11.4 Å². The molecule has 0 saturated carbocycles. The topological polar surface area (TPSA) is 84.8 Å². The highest BCUT2D eigenvalue weighted by atomic mass is 32.1. The summed E-state index contributed by atoms with van der Waals surface area (Å²) < 4.78 is 0. The number of anilines is 1. The largest absolute Gasteiger partial charge is 0.494 e. The molecule has 5 rings (SSSR count). The van der Waals surface area contributed by atoms with Crippen LogP contribution in [0, 0.1) is 0 Å². The predicted molar refractivity (Wildman–Crippen MR) is 140 cm³/mol. The first-order valence-corrected chi connectivity index (χ1v) is 12.3. The Balaban J connectivity index is 1.40. The van der Waals surface area contributed by atoms with E-state index in [1.54, 1.807) is 29.8 Å². The number of thiophene rings is 1. The van der Waals surface area contributed by atoms with Gasteiger partial charge < -0.3 is 10.0 Å². The molecule has 1 aliphatic heterocycles. The highest BCUT2D eigenvalue weighted by Crippen LogP contribution is 2.29. The zero-order chi connectivity index (χ0) is 23.7. The Morgan fingerprint density at radius 2 is 1.91 bits per heavy atom. The lowest BCUT2D eigenvalue weighted by atomic mass is 10.0. The maximum atomic E-state index is 12.4. The van der Waals surface area contributed by atoms with Crippen LogP contribution in [0.1, 0.15) is 19.4 Å². The summed E-state index contributed by atoms with van der Waals surface area (Å²) in [7, 11) is 0. The van der Waals surface area contributed by atoms with Gasteiger partial charge in [0.1, 0.15) is 5.82 Å². The summed E-state index contributed by atoms with van der Waals surface area (Å²) in [6, 6.07) is 12.1. The second-order valence-electron chi connectivity index (χ2n) is 8.74. The van der Waals surface area contributed by atoms with Gasteiger partial charge >= 0.3 is 0 Å². The van der Waals surface area contributed by atoms with Crippen LogP contribution < -0.4 is 10.5 Å². The van der Waals surface area contributed by atoms with Crippen LogP contribution in [0.5, 0.6) is 5.88 Å². The SMILES string of the molecule is CC(C)N1CCN(c2ccc(N=Cc3c(O)[nH]c(=O)c4ccc(-c5ccsc5)cc34)cn2)CC1. The van der Waals surface area contributed by atoms with E-state index in [2.05, 4.69) is 44.0 Å². The minimum Gasteiger partial charge on any atom is -0.494 e. The van der Waals surface area contributed by atoms with Crippen LogP contribution in [0.15, 0.2) is 63.1 Å². The van der Waals surface area contributed by atoms with E-state index >= 15 is 0 Å². The van der Waals surface area contributed by atoms with Crippen molar-refractivity contribution in [2.75, 3.05) is 31.1 Å². The Morgan fingerprint density at radius 1 is 1.09 bits per heavy atom. The van der Waals surface area contributed by atoms with Crippen LogP contribution in [0.25, 0.3) is 21.9 Å². The first-order valence-electron chi connectivity index (χ1n) is 11.4. The molecular weight excluding hydrogens is 446 g/mol. The number of benzene rings is 1. The van der Waals surface area contributed by atoms with Gasteiger partial charge in [-0.3, -0.25) is 19.7 Å². The van der Waals surface area contributed by atoms with Crippen molar-refractivity contribution in [3.8, 4) is 17.0 Å². The highest BCUT2D eigenvalue weighted by Gasteiger charge is 2.19. The van der Waals surface area contributed by atoms with Crippen molar-refractivity contribution >= 4 is 39.8 Å². The number of fused-ring (bicyclic) bond motifs is 1. The number of hydrogen-bond acceptors (Lipinski definition) is 7. The van der Waals surface area contributed by atoms with E-state index in [1.165, 1.54) is 0 Å². The van der Waals surface area contributed by atoms with E-state index in [0.717, 1.165) is 43.1 Å². The lowest BCUT2D eigenvalue weighted by Gasteiger charge is -2.37. The van der Waals surface area contributed by atoms with Gasteiger partial charge in [-0.25, -0.2) is 4.98 Å². The van der Waals surface area contributed by atoms with E-state index in [0.29, 0.717) is 28.1 Å². The maximum Gasteiger partial charge on any atom is 0.258 e. The van der Waals surface area contributed by atoms with Crippen molar-refractivity contribution in [3.63, 3.8) is 0 Å². The Morgan fingerprint density at radius 3 is 2.59 bits per heavy atom. The van der Waals surface area contributed by atoms with Gasteiger partial charge in [0.05, 0.1) is 17.4 Å². The second-order valence-corrected chi connectivity index (χ2v) is 9.52. The quantitative estimate of drug-likeness (QED) is 0.413. The molecule has 2 N–H and O–H groups in total. The molecule has 4 heterocycles. The van der Waals surface area contributed by atoms with Crippen molar-refractivity contribution in [1.82, 2.24) is 14.9 Å². The van der Waals surface area contributed by atoms with E-state index in [4.69, 9.17) is 0 Å². The number of H-pyrrole nitrogens is 1. The third-order valence-electron chi connectivity index (χ3n) is 6.34. The van der Waals surface area contributed by atoms with Gasteiger partial charge in [-0.1, -0.05) is 6.07 Å². The fraction of sp³-hybridized carbons (Fsp3) is 0.269. The Bertz CT molecular complexity index is 1370. The summed E-state index contributed by atoms with van der Waals surface area (Å²) >= 11 is 1.61. The van der Waals surface area contributed by atoms with Crippen molar-refractivity contribution in [2.45, 2.75) is 19.9 Å². The van der Waals surface area contributed by atoms with Crippen molar-refractivity contribution in [3.05, 3.63) is 69.3 Å². The van der Waals surface area contributed by atoms with E-state index in [1.807, 2.05) is 35.7 Å². The molecule has 0 aliphatic carbocycles. The number of rotatable bonds is 5. The lowest BCUT2D eigenvalue weighted by molar-refractivity contribution is 0.209. The van der Waals surface area contributed by atoms with Gasteiger partial charge in [-0.2, -0.15) is 11.3 Å². The summed E-state index contributed by atoms with van der Waals surface area (Å²) in [4.78, 5) is 28.8. The summed E-state index contributed by atoms with van der Waals surface area (Å²) in [5, 5.41) is 15.7.